The summed E-state index contributed by atoms with van der Waals surface area (Å²) >= 11 is 0. The van der Waals surface area contributed by atoms with Crippen LogP contribution >= 0.6 is 0 Å². The number of nitrogens with one attached hydrogen (secondary N) is 1. The highest BCUT2D eigenvalue weighted by Gasteiger charge is 2.12. The molecule has 3 N–H and O–H groups in total. The zero-order valence-electron chi connectivity index (χ0n) is 14.1. The van der Waals surface area contributed by atoms with Crippen LogP contribution in [0.25, 0.3) is 11.2 Å². The zero-order valence-corrected chi connectivity index (χ0v) is 14.1. The van der Waals surface area contributed by atoms with Gasteiger partial charge in [0.15, 0.2) is 5.65 Å². The molecule has 0 unspecified atom stereocenters. The highest BCUT2D eigenvalue weighted by molar-refractivity contribution is 5.69. The Kier molecular flexibility index (Phi) is 5.51. The fourth-order valence-corrected chi connectivity index (χ4v) is 2.77. The van der Waals surface area contributed by atoms with Gasteiger partial charge in [-0.15, -0.1) is 0 Å². The van der Waals surface area contributed by atoms with E-state index in [1.807, 2.05) is 24.4 Å². The summed E-state index contributed by atoms with van der Waals surface area (Å²) < 4.78 is 0. The average molecular weight is 324 g/mol. The fourth-order valence-electron chi connectivity index (χ4n) is 2.77. The average Bonchev–Trinajstić information content (AvgIpc) is 2.99. The normalized spacial score (nSPS) is 11.5. The Morgan fingerprint density at radius 1 is 1.08 bits per heavy atom. The maximum absolute atomic E-state index is 5.64. The number of rotatable bonds is 8. The Balaban J connectivity index is 1.74. The van der Waals surface area contributed by atoms with E-state index in [2.05, 4.69) is 37.8 Å². The molecule has 0 spiro atoms. The Morgan fingerprint density at radius 2 is 1.92 bits per heavy atom. The number of pyridine rings is 2. The quantitative estimate of drug-likeness (QED) is 0.622. The monoisotopic (exact) mass is 324 g/mol. The van der Waals surface area contributed by atoms with Crippen LogP contribution in [0.2, 0.25) is 0 Å². The van der Waals surface area contributed by atoms with Crippen LogP contribution in [0.4, 0.5) is 0 Å². The van der Waals surface area contributed by atoms with Gasteiger partial charge in [0.2, 0.25) is 0 Å². The molecule has 0 amide bonds. The second-order valence-electron chi connectivity index (χ2n) is 6.03. The molecule has 6 nitrogen and oxygen atoms in total. The number of hydrogen-bond acceptors (Lipinski definition) is 5. The molecular formula is C18H24N6. The smallest absolute Gasteiger partial charge is 0.177 e. The Labute approximate surface area is 142 Å². The van der Waals surface area contributed by atoms with E-state index >= 15 is 0 Å². The van der Waals surface area contributed by atoms with Gasteiger partial charge in [0.1, 0.15) is 5.82 Å². The van der Waals surface area contributed by atoms with Crippen molar-refractivity contribution >= 4 is 11.2 Å². The molecule has 0 fully saturated rings. The lowest BCUT2D eigenvalue weighted by Crippen LogP contribution is -2.26. The van der Waals surface area contributed by atoms with Crippen LogP contribution in [0.15, 0.2) is 36.7 Å². The zero-order chi connectivity index (χ0) is 16.8. The first kappa shape index (κ1) is 16.5. The largest absolute Gasteiger partial charge is 0.340 e. The van der Waals surface area contributed by atoms with Crippen LogP contribution in [0.1, 0.15) is 29.9 Å². The van der Waals surface area contributed by atoms with E-state index in [0.717, 1.165) is 61.7 Å². The molecule has 24 heavy (non-hydrogen) atoms. The molecule has 0 radical (unpaired) electrons. The van der Waals surface area contributed by atoms with Crippen LogP contribution in [0.5, 0.6) is 0 Å². The lowest BCUT2D eigenvalue weighted by molar-refractivity contribution is 0.243. The summed E-state index contributed by atoms with van der Waals surface area (Å²) in [5, 5.41) is 0. The van der Waals surface area contributed by atoms with Gasteiger partial charge in [0.05, 0.1) is 17.8 Å². The van der Waals surface area contributed by atoms with Crippen LogP contribution < -0.4 is 5.73 Å². The summed E-state index contributed by atoms with van der Waals surface area (Å²) in [5.74, 6) is 0.935. The summed E-state index contributed by atoms with van der Waals surface area (Å²) in [7, 11) is 0. The van der Waals surface area contributed by atoms with E-state index in [9.17, 15) is 0 Å². The van der Waals surface area contributed by atoms with Crippen molar-refractivity contribution in [2.75, 3.05) is 13.1 Å². The number of nitrogens with zero attached hydrogens (tertiary/aromatic N) is 4. The van der Waals surface area contributed by atoms with Crippen molar-refractivity contribution in [2.45, 2.75) is 32.9 Å². The highest BCUT2D eigenvalue weighted by atomic mass is 15.2. The first-order valence-electron chi connectivity index (χ1n) is 8.39. The maximum Gasteiger partial charge on any atom is 0.177 e. The van der Waals surface area contributed by atoms with Gasteiger partial charge in [-0.3, -0.25) is 9.88 Å². The minimum Gasteiger partial charge on any atom is -0.340 e. The first-order chi connectivity index (χ1) is 11.8. The first-order valence-corrected chi connectivity index (χ1v) is 8.39. The summed E-state index contributed by atoms with van der Waals surface area (Å²) in [5.41, 5.74) is 9.71. The van der Waals surface area contributed by atoms with Crippen LogP contribution in [0.3, 0.4) is 0 Å². The number of hydrogen-bond donors (Lipinski definition) is 2. The van der Waals surface area contributed by atoms with Crippen molar-refractivity contribution in [2.24, 2.45) is 5.73 Å². The van der Waals surface area contributed by atoms with Crippen molar-refractivity contribution in [1.82, 2.24) is 24.8 Å². The summed E-state index contributed by atoms with van der Waals surface area (Å²) in [6, 6.07) is 8.00. The fraction of sp³-hybridized carbons (Fsp3) is 0.389. The SMILES string of the molecule is Cc1cccnc1CN(CCCCN)Cc1nc2ncccc2[nH]1. The molecule has 0 bridgehead atoms. The molecule has 0 atom stereocenters. The molecule has 3 heterocycles. The van der Waals surface area contributed by atoms with Gasteiger partial charge in [-0.25, -0.2) is 9.97 Å². The summed E-state index contributed by atoms with van der Waals surface area (Å²) in [4.78, 5) is 19.1. The van der Waals surface area contributed by atoms with Crippen molar-refractivity contribution in [3.8, 4) is 0 Å². The van der Waals surface area contributed by atoms with Crippen molar-refractivity contribution in [1.29, 1.82) is 0 Å². The predicted molar refractivity (Wildman–Crippen MR) is 95.3 cm³/mol. The number of aromatic amines is 1. The van der Waals surface area contributed by atoms with Gasteiger partial charge in [-0.1, -0.05) is 6.07 Å². The molecule has 0 aromatic carbocycles. The number of aryl methyl sites for hydroxylation is 1. The number of nitrogens with two attached hydrogens (primary N) is 1. The molecule has 0 aliphatic rings. The summed E-state index contributed by atoms with van der Waals surface area (Å²) in [6.45, 7) is 5.35. The molecule has 3 aromatic heterocycles. The number of unbranched alkanes of at least 4 members (excludes halogenated alkanes) is 1. The number of fused-ring (bicyclic) bond motifs is 1. The third-order valence-corrected chi connectivity index (χ3v) is 4.10. The highest BCUT2D eigenvalue weighted by Crippen LogP contribution is 2.13. The van der Waals surface area contributed by atoms with Gasteiger partial charge in [-0.2, -0.15) is 0 Å². The molecule has 0 saturated heterocycles. The second kappa shape index (κ2) is 7.99. The number of aromatic nitrogens is 4. The van der Waals surface area contributed by atoms with Crippen LogP contribution in [0, 0.1) is 6.92 Å². The molecule has 0 saturated carbocycles. The lowest BCUT2D eigenvalue weighted by atomic mass is 10.2. The minimum atomic E-state index is 0.727. The van der Waals surface area contributed by atoms with Crippen LogP contribution in [-0.2, 0) is 13.1 Å². The molecule has 6 heteroatoms. The van der Waals surface area contributed by atoms with E-state index < -0.39 is 0 Å². The van der Waals surface area contributed by atoms with Gasteiger partial charge in [-0.05, 0) is 56.6 Å². The Hall–Kier alpha value is -2.31. The third kappa shape index (κ3) is 4.15. The molecule has 0 aliphatic carbocycles. The van der Waals surface area contributed by atoms with E-state index in [4.69, 9.17) is 5.73 Å². The predicted octanol–water partition coefficient (Wildman–Crippen LogP) is 2.40. The van der Waals surface area contributed by atoms with Gasteiger partial charge in [0.25, 0.3) is 0 Å². The number of H-pyrrole nitrogens is 1. The van der Waals surface area contributed by atoms with E-state index in [1.165, 1.54) is 5.56 Å². The van der Waals surface area contributed by atoms with E-state index in [1.54, 1.807) is 6.20 Å². The van der Waals surface area contributed by atoms with Gasteiger partial charge < -0.3 is 10.7 Å². The van der Waals surface area contributed by atoms with Crippen molar-refractivity contribution in [3.63, 3.8) is 0 Å². The molecular weight excluding hydrogens is 300 g/mol. The van der Waals surface area contributed by atoms with Crippen molar-refractivity contribution < 1.29 is 0 Å². The van der Waals surface area contributed by atoms with E-state index in [0.29, 0.717) is 0 Å². The molecule has 0 aliphatic heterocycles. The number of imidazole rings is 1. The minimum absolute atomic E-state index is 0.727. The topological polar surface area (TPSA) is 83.7 Å². The van der Waals surface area contributed by atoms with E-state index in [-0.39, 0.29) is 0 Å². The van der Waals surface area contributed by atoms with Crippen molar-refractivity contribution in [3.05, 3.63) is 53.7 Å². The van der Waals surface area contributed by atoms with Gasteiger partial charge in [0, 0.05) is 18.9 Å². The molecule has 3 rings (SSSR count). The standard InChI is InChI=1S/C18H24N6/c1-14-6-4-9-20-16(14)12-24(11-3-2-8-19)13-17-22-15-7-5-10-21-18(15)23-17/h4-7,9-10H,2-3,8,11-13,19H2,1H3,(H,21,22,23). The Bertz CT molecular complexity index is 749. The molecule has 126 valence electrons. The second-order valence-corrected chi connectivity index (χ2v) is 6.03. The van der Waals surface area contributed by atoms with Gasteiger partial charge >= 0.3 is 0 Å². The lowest BCUT2D eigenvalue weighted by Gasteiger charge is -2.21. The summed E-state index contributed by atoms with van der Waals surface area (Å²) in [6.07, 6.45) is 5.72. The molecule has 3 aromatic rings. The third-order valence-electron chi connectivity index (χ3n) is 4.10. The maximum atomic E-state index is 5.64. The Morgan fingerprint density at radius 3 is 2.71 bits per heavy atom. The van der Waals surface area contributed by atoms with Crippen LogP contribution in [-0.4, -0.2) is 37.9 Å².